The third kappa shape index (κ3) is 4.07. The second kappa shape index (κ2) is 6.53. The predicted molar refractivity (Wildman–Crippen MR) is 79.6 cm³/mol. The maximum absolute atomic E-state index is 13.7. The summed E-state index contributed by atoms with van der Waals surface area (Å²) in [6.45, 7) is 6.88. The highest BCUT2D eigenvalue weighted by Crippen LogP contribution is 2.26. The molecule has 0 saturated heterocycles. The second-order valence-corrected chi connectivity index (χ2v) is 5.22. The molecule has 2 aromatic carbocycles. The number of aryl methyl sites for hydroxylation is 1. The lowest BCUT2D eigenvalue weighted by Gasteiger charge is -2.11. The van der Waals surface area contributed by atoms with E-state index in [2.05, 4.69) is 19.2 Å². The molecule has 0 saturated carbocycles. The summed E-state index contributed by atoms with van der Waals surface area (Å²) in [6, 6.07) is 13.0. The van der Waals surface area contributed by atoms with Crippen molar-refractivity contribution < 1.29 is 9.13 Å². The van der Waals surface area contributed by atoms with Crippen molar-refractivity contribution in [3.63, 3.8) is 0 Å². The average molecular weight is 273 g/mol. The summed E-state index contributed by atoms with van der Waals surface area (Å²) in [6.07, 6.45) is 0. The van der Waals surface area contributed by atoms with Crippen molar-refractivity contribution in [2.24, 2.45) is 0 Å². The van der Waals surface area contributed by atoms with Crippen LogP contribution in [0.2, 0.25) is 0 Å². The van der Waals surface area contributed by atoms with Gasteiger partial charge in [0.1, 0.15) is 5.75 Å². The van der Waals surface area contributed by atoms with Gasteiger partial charge in [0.05, 0.1) is 0 Å². The Balaban J connectivity index is 2.13. The third-order valence-corrected chi connectivity index (χ3v) is 2.93. The first-order valence-corrected chi connectivity index (χ1v) is 6.81. The zero-order valence-electron chi connectivity index (χ0n) is 12.1. The van der Waals surface area contributed by atoms with Gasteiger partial charge >= 0.3 is 0 Å². The van der Waals surface area contributed by atoms with Crippen molar-refractivity contribution >= 4 is 0 Å². The quantitative estimate of drug-likeness (QED) is 0.870. The van der Waals surface area contributed by atoms with Crippen LogP contribution in [0.3, 0.4) is 0 Å². The maximum Gasteiger partial charge on any atom is 0.165 e. The highest BCUT2D eigenvalue weighted by atomic mass is 19.1. The van der Waals surface area contributed by atoms with Crippen LogP contribution in [0.25, 0.3) is 0 Å². The maximum atomic E-state index is 13.7. The minimum atomic E-state index is -0.346. The summed E-state index contributed by atoms with van der Waals surface area (Å²) >= 11 is 0. The minimum absolute atomic E-state index is 0.263. The highest BCUT2D eigenvalue weighted by molar-refractivity contribution is 5.36. The van der Waals surface area contributed by atoms with Gasteiger partial charge in [-0.05, 0) is 42.3 Å². The van der Waals surface area contributed by atoms with Crippen LogP contribution in [0.4, 0.5) is 4.39 Å². The lowest BCUT2D eigenvalue weighted by atomic mass is 10.2. The zero-order valence-corrected chi connectivity index (χ0v) is 12.1. The van der Waals surface area contributed by atoms with Gasteiger partial charge in [-0.25, -0.2) is 4.39 Å². The van der Waals surface area contributed by atoms with Gasteiger partial charge in [0.2, 0.25) is 0 Å². The van der Waals surface area contributed by atoms with Crippen LogP contribution in [0.1, 0.15) is 25.0 Å². The molecule has 0 aliphatic heterocycles. The summed E-state index contributed by atoms with van der Waals surface area (Å²) in [5.74, 6) is 0.567. The normalized spacial score (nSPS) is 10.8. The van der Waals surface area contributed by atoms with Crippen molar-refractivity contribution in [2.45, 2.75) is 33.4 Å². The molecule has 0 fully saturated rings. The minimum Gasteiger partial charge on any atom is -0.454 e. The number of nitrogens with one attached hydrogen (secondary N) is 1. The monoisotopic (exact) mass is 273 g/mol. The molecule has 3 heteroatoms. The molecule has 0 aliphatic rings. The first kappa shape index (κ1) is 14.5. The molecule has 0 bridgehead atoms. The lowest BCUT2D eigenvalue weighted by molar-refractivity contribution is 0.441. The molecule has 1 N–H and O–H groups in total. The number of hydrogen-bond donors (Lipinski definition) is 1. The Hall–Kier alpha value is -1.87. The van der Waals surface area contributed by atoms with E-state index in [9.17, 15) is 4.39 Å². The fraction of sp³-hybridized carbons (Fsp3) is 0.294. The SMILES string of the molecule is Cc1ccc(F)c(Oc2cccc(CNC(C)C)c2)c1. The molecule has 0 atom stereocenters. The summed E-state index contributed by atoms with van der Waals surface area (Å²) in [5.41, 5.74) is 2.09. The van der Waals surface area contributed by atoms with E-state index in [0.717, 1.165) is 17.7 Å². The van der Waals surface area contributed by atoms with Crippen LogP contribution in [0.5, 0.6) is 11.5 Å². The molecule has 2 aromatic rings. The van der Waals surface area contributed by atoms with Gasteiger partial charge in [-0.3, -0.25) is 0 Å². The third-order valence-electron chi connectivity index (χ3n) is 2.93. The van der Waals surface area contributed by atoms with Gasteiger partial charge in [0.25, 0.3) is 0 Å². The van der Waals surface area contributed by atoms with Crippen LogP contribution in [0.15, 0.2) is 42.5 Å². The van der Waals surface area contributed by atoms with Crippen molar-refractivity contribution in [2.75, 3.05) is 0 Å². The number of hydrogen-bond acceptors (Lipinski definition) is 2. The van der Waals surface area contributed by atoms with Crippen LogP contribution in [-0.4, -0.2) is 6.04 Å². The first-order valence-electron chi connectivity index (χ1n) is 6.81. The predicted octanol–water partition coefficient (Wildman–Crippen LogP) is 4.42. The van der Waals surface area contributed by atoms with Crippen LogP contribution < -0.4 is 10.1 Å². The van der Waals surface area contributed by atoms with Gasteiger partial charge in [0, 0.05) is 12.6 Å². The topological polar surface area (TPSA) is 21.3 Å². The Morgan fingerprint density at radius 2 is 1.95 bits per heavy atom. The molecule has 2 nitrogen and oxygen atoms in total. The van der Waals surface area contributed by atoms with E-state index in [-0.39, 0.29) is 11.6 Å². The molecular formula is C17H20FNO. The molecule has 0 aromatic heterocycles. The number of ether oxygens (including phenoxy) is 1. The Bertz CT molecular complexity index is 581. The van der Waals surface area contributed by atoms with E-state index in [0.29, 0.717) is 11.8 Å². The molecule has 0 aliphatic carbocycles. The van der Waals surface area contributed by atoms with E-state index >= 15 is 0 Å². The lowest BCUT2D eigenvalue weighted by Crippen LogP contribution is -2.21. The fourth-order valence-corrected chi connectivity index (χ4v) is 1.86. The Kier molecular flexibility index (Phi) is 4.74. The molecule has 0 radical (unpaired) electrons. The van der Waals surface area contributed by atoms with Crippen molar-refractivity contribution in [3.05, 3.63) is 59.4 Å². The zero-order chi connectivity index (χ0) is 14.5. The van der Waals surface area contributed by atoms with Crippen LogP contribution in [-0.2, 0) is 6.54 Å². The standard InChI is InChI=1S/C17H20FNO/c1-12(2)19-11-14-5-4-6-15(10-14)20-17-9-13(3)7-8-16(17)18/h4-10,12,19H,11H2,1-3H3. The molecule has 0 unspecified atom stereocenters. The van der Waals surface area contributed by atoms with Crippen molar-refractivity contribution in [3.8, 4) is 11.5 Å². The number of rotatable bonds is 5. The van der Waals surface area contributed by atoms with E-state index < -0.39 is 0 Å². The van der Waals surface area contributed by atoms with Crippen LogP contribution in [0, 0.1) is 12.7 Å². The molecule has 20 heavy (non-hydrogen) atoms. The van der Waals surface area contributed by atoms with Gasteiger partial charge in [-0.1, -0.05) is 32.0 Å². The largest absolute Gasteiger partial charge is 0.454 e. The molecule has 2 rings (SSSR count). The van der Waals surface area contributed by atoms with E-state index in [1.165, 1.54) is 6.07 Å². The Morgan fingerprint density at radius 3 is 2.70 bits per heavy atom. The van der Waals surface area contributed by atoms with Gasteiger partial charge < -0.3 is 10.1 Å². The Labute approximate surface area is 119 Å². The number of halogens is 1. The van der Waals surface area contributed by atoms with Crippen molar-refractivity contribution in [1.29, 1.82) is 0 Å². The smallest absolute Gasteiger partial charge is 0.165 e. The van der Waals surface area contributed by atoms with E-state index in [1.54, 1.807) is 12.1 Å². The van der Waals surface area contributed by atoms with E-state index in [4.69, 9.17) is 4.74 Å². The molecule has 0 amide bonds. The molecule has 0 heterocycles. The second-order valence-electron chi connectivity index (χ2n) is 5.22. The summed E-state index contributed by atoms with van der Waals surface area (Å²) in [4.78, 5) is 0. The fourth-order valence-electron chi connectivity index (χ4n) is 1.86. The van der Waals surface area contributed by atoms with Gasteiger partial charge in [0.15, 0.2) is 11.6 Å². The summed E-state index contributed by atoms with van der Waals surface area (Å²) < 4.78 is 19.3. The van der Waals surface area contributed by atoms with E-state index in [1.807, 2.05) is 31.2 Å². The van der Waals surface area contributed by atoms with Gasteiger partial charge in [-0.2, -0.15) is 0 Å². The molecule has 0 spiro atoms. The highest BCUT2D eigenvalue weighted by Gasteiger charge is 2.05. The molecular weight excluding hydrogens is 253 g/mol. The first-order chi connectivity index (χ1) is 9.54. The van der Waals surface area contributed by atoms with Crippen LogP contribution >= 0.6 is 0 Å². The summed E-state index contributed by atoms with van der Waals surface area (Å²) in [7, 11) is 0. The van der Waals surface area contributed by atoms with Crippen molar-refractivity contribution in [1.82, 2.24) is 5.32 Å². The Morgan fingerprint density at radius 1 is 1.15 bits per heavy atom. The average Bonchev–Trinajstić information content (AvgIpc) is 2.41. The molecule has 106 valence electrons. The summed E-state index contributed by atoms with van der Waals surface area (Å²) in [5, 5.41) is 3.34. The number of benzene rings is 2. The van der Waals surface area contributed by atoms with Gasteiger partial charge in [-0.15, -0.1) is 0 Å².